The summed E-state index contributed by atoms with van der Waals surface area (Å²) in [7, 11) is -4.34. The maximum absolute atomic E-state index is 13.2. The molecule has 186 valence electrons. The largest absolute Gasteiger partial charge is 0.385 e. The summed E-state index contributed by atoms with van der Waals surface area (Å²) >= 11 is 0. The number of halogens is 1. The van der Waals surface area contributed by atoms with Gasteiger partial charge in [0.15, 0.2) is 0 Å². The topological polar surface area (TPSA) is 145 Å². The Labute approximate surface area is 199 Å². The van der Waals surface area contributed by atoms with Gasteiger partial charge in [-0.2, -0.15) is 12.7 Å². The van der Waals surface area contributed by atoms with Gasteiger partial charge in [0, 0.05) is 18.7 Å². The van der Waals surface area contributed by atoms with Gasteiger partial charge in [-0.15, -0.1) is 12.4 Å². The summed E-state index contributed by atoms with van der Waals surface area (Å²) in [6.45, 7) is 1.64. The molecule has 11 nitrogen and oxygen atoms in total. The van der Waals surface area contributed by atoms with Crippen LogP contribution in [0.1, 0.15) is 57.8 Å². The van der Waals surface area contributed by atoms with Crippen LogP contribution in [0.2, 0.25) is 0 Å². The molecule has 1 N–H and O–H groups in total. The van der Waals surface area contributed by atoms with E-state index >= 15 is 0 Å². The van der Waals surface area contributed by atoms with E-state index in [1.807, 2.05) is 0 Å². The molecule has 0 spiro atoms. The number of nitro groups is 2. The second-order valence-electron chi connectivity index (χ2n) is 8.45. The number of hydrogen-bond acceptors (Lipinski definition) is 8. The van der Waals surface area contributed by atoms with E-state index in [2.05, 4.69) is 5.32 Å². The van der Waals surface area contributed by atoms with Gasteiger partial charge in [-0.05, 0) is 50.8 Å². The first-order valence-electron chi connectivity index (χ1n) is 11.1. The zero-order valence-electron chi connectivity index (χ0n) is 18.4. The van der Waals surface area contributed by atoms with Gasteiger partial charge in [0.1, 0.15) is 0 Å². The van der Waals surface area contributed by atoms with E-state index in [1.165, 1.54) is 36.4 Å². The molecule has 2 aliphatic rings. The molecule has 1 saturated carbocycles. The molecule has 0 radical (unpaired) electrons. The molecule has 1 aromatic rings. The van der Waals surface area contributed by atoms with Gasteiger partial charge in [0.25, 0.3) is 5.69 Å². The van der Waals surface area contributed by atoms with E-state index < -0.39 is 37.3 Å². The predicted octanol–water partition coefficient (Wildman–Crippen LogP) is 3.96. The molecule has 0 bridgehead atoms. The highest BCUT2D eigenvalue weighted by molar-refractivity contribution is 7.84. The number of benzene rings is 1. The molecule has 3 rings (SSSR count). The third-order valence-electron chi connectivity index (χ3n) is 6.26. The SMILES string of the molecule is Cl.O=[N+]([O-])c1ccc(OS(=O)(=O)N(CCCC2CCCCC2)C2CCNCC2)c([N+](=O)[O-])c1. The average Bonchev–Trinajstić information content (AvgIpc) is 2.77. The standard InChI is InChI=1S/C20H30N4O7S.ClH/c25-23(26)18-8-9-20(19(15-18)24(27)28)31-32(29,30)22(17-10-12-21-13-11-17)14-4-7-16-5-2-1-3-6-16;/h8-9,15-17,21H,1-7,10-14H2;1H. The lowest BCUT2D eigenvalue weighted by molar-refractivity contribution is -0.394. The second-order valence-corrected chi connectivity index (χ2v) is 9.94. The van der Waals surface area contributed by atoms with Crippen LogP contribution in [-0.2, 0) is 10.3 Å². The van der Waals surface area contributed by atoms with Crippen LogP contribution in [-0.4, -0.2) is 48.2 Å². The predicted molar refractivity (Wildman–Crippen MR) is 125 cm³/mol. The van der Waals surface area contributed by atoms with Crippen LogP contribution < -0.4 is 9.50 Å². The van der Waals surface area contributed by atoms with Crippen molar-refractivity contribution in [3.63, 3.8) is 0 Å². The molecule has 1 saturated heterocycles. The van der Waals surface area contributed by atoms with Gasteiger partial charge in [-0.3, -0.25) is 20.2 Å². The fraction of sp³-hybridized carbons (Fsp3) is 0.700. The Morgan fingerprint density at radius 1 is 1.03 bits per heavy atom. The van der Waals surface area contributed by atoms with Crippen LogP contribution in [0, 0.1) is 26.1 Å². The second kappa shape index (κ2) is 12.4. The molecule has 0 amide bonds. The average molecular weight is 507 g/mol. The van der Waals surface area contributed by atoms with Crippen molar-refractivity contribution in [1.29, 1.82) is 0 Å². The van der Waals surface area contributed by atoms with Gasteiger partial charge in [-0.1, -0.05) is 32.1 Å². The van der Waals surface area contributed by atoms with Crippen LogP contribution in [0.3, 0.4) is 0 Å². The Kier molecular flexibility index (Phi) is 10.3. The molecule has 1 aliphatic carbocycles. The number of piperidine rings is 1. The minimum atomic E-state index is -4.34. The van der Waals surface area contributed by atoms with Crippen LogP contribution in [0.25, 0.3) is 0 Å². The number of nitrogens with one attached hydrogen (secondary N) is 1. The van der Waals surface area contributed by atoms with Gasteiger partial charge >= 0.3 is 16.0 Å². The molecule has 2 fully saturated rings. The highest BCUT2D eigenvalue weighted by atomic mass is 35.5. The number of hydrogen-bond donors (Lipinski definition) is 1. The van der Waals surface area contributed by atoms with Crippen LogP contribution in [0.15, 0.2) is 18.2 Å². The van der Waals surface area contributed by atoms with Crippen LogP contribution >= 0.6 is 12.4 Å². The normalized spacial score (nSPS) is 18.0. The van der Waals surface area contributed by atoms with Gasteiger partial charge in [-0.25, -0.2) is 0 Å². The van der Waals surface area contributed by atoms with Crippen molar-refractivity contribution in [2.24, 2.45) is 5.92 Å². The first-order valence-corrected chi connectivity index (χ1v) is 12.5. The molecule has 1 heterocycles. The molecule has 0 atom stereocenters. The molecular weight excluding hydrogens is 476 g/mol. The monoisotopic (exact) mass is 506 g/mol. The van der Waals surface area contributed by atoms with E-state index in [0.29, 0.717) is 44.3 Å². The van der Waals surface area contributed by atoms with E-state index in [9.17, 15) is 28.6 Å². The van der Waals surface area contributed by atoms with Crippen molar-refractivity contribution in [3.8, 4) is 5.75 Å². The lowest BCUT2D eigenvalue weighted by Gasteiger charge is -2.33. The fourth-order valence-corrected chi connectivity index (χ4v) is 5.97. The fourth-order valence-electron chi connectivity index (χ4n) is 4.58. The third kappa shape index (κ3) is 7.49. The van der Waals surface area contributed by atoms with Gasteiger partial charge in [0.05, 0.1) is 15.9 Å². The highest BCUT2D eigenvalue weighted by Gasteiger charge is 2.35. The van der Waals surface area contributed by atoms with E-state index in [-0.39, 0.29) is 25.0 Å². The Bertz CT molecular complexity index is 919. The van der Waals surface area contributed by atoms with Gasteiger partial charge < -0.3 is 9.50 Å². The smallest absolute Gasteiger partial charge is 0.363 e. The number of nitro benzene ring substituents is 2. The summed E-state index contributed by atoms with van der Waals surface area (Å²) in [5.41, 5.74) is -1.26. The summed E-state index contributed by atoms with van der Waals surface area (Å²) in [5.74, 6) is 0.0878. The molecule has 0 aromatic heterocycles. The van der Waals surface area contributed by atoms with E-state index in [1.54, 1.807) is 0 Å². The summed E-state index contributed by atoms with van der Waals surface area (Å²) in [5, 5.41) is 25.5. The van der Waals surface area contributed by atoms with E-state index in [4.69, 9.17) is 4.18 Å². The lowest BCUT2D eigenvalue weighted by atomic mass is 9.86. The molecular formula is C20H31ClN4O7S. The maximum Gasteiger partial charge on any atom is 0.385 e. The Hall–Kier alpha value is -2.02. The zero-order chi connectivity index (χ0) is 23.1. The van der Waals surface area contributed by atoms with Crippen molar-refractivity contribution in [2.75, 3.05) is 19.6 Å². The van der Waals surface area contributed by atoms with Crippen LogP contribution in [0.4, 0.5) is 11.4 Å². The Morgan fingerprint density at radius 3 is 2.30 bits per heavy atom. The minimum absolute atomic E-state index is 0. The minimum Gasteiger partial charge on any atom is -0.363 e. The van der Waals surface area contributed by atoms with Crippen molar-refractivity contribution in [2.45, 2.75) is 63.8 Å². The number of non-ortho nitro benzene ring substituents is 1. The summed E-state index contributed by atoms with van der Waals surface area (Å²) in [6.07, 6.45) is 8.91. The Balaban J connectivity index is 0.00000385. The third-order valence-corrected chi connectivity index (χ3v) is 7.71. The molecule has 0 unspecified atom stereocenters. The number of nitrogens with zero attached hydrogens (tertiary/aromatic N) is 3. The molecule has 33 heavy (non-hydrogen) atoms. The first kappa shape index (κ1) is 27.2. The van der Waals surface area contributed by atoms with Crippen molar-refractivity contribution in [1.82, 2.24) is 9.62 Å². The Morgan fingerprint density at radius 2 is 1.70 bits per heavy atom. The highest BCUT2D eigenvalue weighted by Crippen LogP contribution is 2.33. The van der Waals surface area contributed by atoms with Crippen molar-refractivity contribution in [3.05, 3.63) is 38.4 Å². The quantitative estimate of drug-likeness (QED) is 0.370. The van der Waals surface area contributed by atoms with Crippen molar-refractivity contribution >= 4 is 34.1 Å². The van der Waals surface area contributed by atoms with Crippen molar-refractivity contribution < 1.29 is 22.4 Å². The summed E-state index contributed by atoms with van der Waals surface area (Å²) < 4.78 is 32.9. The lowest BCUT2D eigenvalue weighted by Crippen LogP contribution is -2.48. The zero-order valence-corrected chi connectivity index (χ0v) is 20.0. The molecule has 1 aromatic carbocycles. The maximum atomic E-state index is 13.2. The van der Waals surface area contributed by atoms with Gasteiger partial charge in [0.2, 0.25) is 5.75 Å². The molecule has 13 heteroatoms. The summed E-state index contributed by atoms with van der Waals surface area (Å²) in [4.78, 5) is 20.7. The van der Waals surface area contributed by atoms with E-state index in [0.717, 1.165) is 18.6 Å². The molecule has 1 aliphatic heterocycles. The first-order chi connectivity index (χ1) is 15.3. The van der Waals surface area contributed by atoms with Crippen LogP contribution in [0.5, 0.6) is 5.75 Å². The number of rotatable bonds is 10. The summed E-state index contributed by atoms with van der Waals surface area (Å²) in [6, 6.07) is 2.42.